The van der Waals surface area contributed by atoms with Gasteiger partial charge in [0, 0.05) is 47.0 Å². The van der Waals surface area contributed by atoms with Crippen molar-refractivity contribution in [3.63, 3.8) is 0 Å². The molecule has 9 heteroatoms. The van der Waals surface area contributed by atoms with E-state index in [1.54, 1.807) is 34.6 Å². The van der Waals surface area contributed by atoms with Crippen molar-refractivity contribution >= 4 is 46.9 Å². The Balaban J connectivity index is 1.59. The number of benzene rings is 3. The van der Waals surface area contributed by atoms with Crippen LogP contribution in [0.5, 0.6) is 0 Å². The molecular weight excluding hydrogens is 537 g/mol. The molecule has 1 fully saturated rings. The first kappa shape index (κ1) is 27.7. The minimum atomic E-state index is -0.566. The lowest BCUT2D eigenvalue weighted by atomic mass is 9.96. The number of halogens is 4. The molecule has 0 spiro atoms. The number of nitrogens with zero attached hydrogens (tertiary/aromatic N) is 2. The van der Waals surface area contributed by atoms with E-state index in [4.69, 9.17) is 11.6 Å². The Kier molecular flexibility index (Phi) is 9.73. The van der Waals surface area contributed by atoms with Gasteiger partial charge < -0.3 is 9.21 Å². The van der Waals surface area contributed by atoms with Crippen LogP contribution in [0.3, 0.4) is 0 Å². The van der Waals surface area contributed by atoms with E-state index in [2.05, 4.69) is 0 Å². The number of anilines is 1. The third-order valence-electron chi connectivity index (χ3n) is 6.27. The van der Waals surface area contributed by atoms with Gasteiger partial charge in [-0.05, 0) is 91.4 Å². The van der Waals surface area contributed by atoms with Gasteiger partial charge in [-0.1, -0.05) is 17.7 Å². The van der Waals surface area contributed by atoms with E-state index in [-0.39, 0.29) is 17.4 Å². The van der Waals surface area contributed by atoms with E-state index in [0.717, 1.165) is 58.8 Å². The van der Waals surface area contributed by atoms with Gasteiger partial charge in [-0.15, -0.1) is 0 Å². The van der Waals surface area contributed by atoms with Crippen molar-refractivity contribution in [2.24, 2.45) is 0 Å². The summed E-state index contributed by atoms with van der Waals surface area (Å²) >= 11 is 9.13. The van der Waals surface area contributed by atoms with E-state index in [1.807, 2.05) is 23.6 Å². The Morgan fingerprint density at radius 3 is 2.43 bits per heavy atom. The Hall–Kier alpha value is -2.29. The molecule has 1 aliphatic rings. The van der Waals surface area contributed by atoms with Gasteiger partial charge >= 0.3 is 0 Å². The highest BCUT2D eigenvalue weighted by Gasteiger charge is 2.24. The summed E-state index contributed by atoms with van der Waals surface area (Å²) in [5.74, 6) is 0.527. The number of carbonyl (C=O) groups is 1. The van der Waals surface area contributed by atoms with Gasteiger partial charge in [0.15, 0.2) is 0 Å². The summed E-state index contributed by atoms with van der Waals surface area (Å²) < 4.78 is 45.1. The molecule has 3 nitrogen and oxygen atoms in total. The Labute approximate surface area is 229 Å². The first-order valence-corrected chi connectivity index (χ1v) is 14.4. The molecule has 0 aromatic heterocycles. The van der Waals surface area contributed by atoms with Crippen LogP contribution >= 0.6 is 35.3 Å². The van der Waals surface area contributed by atoms with Crippen LogP contribution < -0.4 is 4.31 Å². The molecular formula is C28H28ClF3N2OS2. The molecule has 3 aromatic rings. The number of rotatable bonds is 9. The van der Waals surface area contributed by atoms with Crippen molar-refractivity contribution in [2.75, 3.05) is 28.9 Å². The third-order valence-corrected chi connectivity index (χ3v) is 8.66. The zero-order valence-corrected chi connectivity index (χ0v) is 22.8. The molecule has 37 heavy (non-hydrogen) atoms. The number of aryl methyl sites for hydroxylation is 1. The van der Waals surface area contributed by atoms with Gasteiger partial charge in [0.2, 0.25) is 5.91 Å². The van der Waals surface area contributed by atoms with Crippen molar-refractivity contribution in [3.05, 3.63) is 94.3 Å². The predicted molar refractivity (Wildman–Crippen MR) is 148 cm³/mol. The predicted octanol–water partition coefficient (Wildman–Crippen LogP) is 7.93. The maximum atomic E-state index is 14.9. The summed E-state index contributed by atoms with van der Waals surface area (Å²) in [4.78, 5) is 15.3. The second-order valence-electron chi connectivity index (χ2n) is 8.83. The largest absolute Gasteiger partial charge is 0.341 e. The van der Waals surface area contributed by atoms with Crippen LogP contribution in [-0.2, 0) is 11.2 Å². The average Bonchev–Trinajstić information content (AvgIpc) is 2.90. The molecule has 4 rings (SSSR count). The molecule has 1 heterocycles. The Morgan fingerprint density at radius 1 is 1.03 bits per heavy atom. The first-order chi connectivity index (χ1) is 17.8. The van der Waals surface area contributed by atoms with Crippen molar-refractivity contribution in [2.45, 2.75) is 37.1 Å². The van der Waals surface area contributed by atoms with Crippen LogP contribution in [0.1, 0.15) is 36.9 Å². The molecule has 1 unspecified atom stereocenters. The minimum absolute atomic E-state index is 0.0841. The minimum Gasteiger partial charge on any atom is -0.341 e. The molecule has 0 saturated carbocycles. The van der Waals surface area contributed by atoms with Crippen molar-refractivity contribution in [3.8, 4) is 0 Å². The molecule has 1 saturated heterocycles. The summed E-state index contributed by atoms with van der Waals surface area (Å²) in [6.07, 6.45) is 1.46. The third kappa shape index (κ3) is 7.39. The van der Waals surface area contributed by atoms with Gasteiger partial charge in [0.25, 0.3) is 0 Å². The summed E-state index contributed by atoms with van der Waals surface area (Å²) in [6, 6.07) is 14.5. The van der Waals surface area contributed by atoms with Gasteiger partial charge in [0.05, 0.1) is 11.7 Å². The second-order valence-corrected chi connectivity index (χ2v) is 11.5. The zero-order valence-electron chi connectivity index (χ0n) is 20.4. The second kappa shape index (κ2) is 13.0. The molecule has 1 amide bonds. The van der Waals surface area contributed by atoms with Gasteiger partial charge in [-0.25, -0.2) is 13.2 Å². The molecule has 0 aliphatic carbocycles. The monoisotopic (exact) mass is 564 g/mol. The zero-order chi connectivity index (χ0) is 26.4. The SMILES string of the molecule is CC(c1ccc(F)cc1CCCC(=O)N1CCSCC1)N(Sc1ccc(Cl)cc1)c1cc(F)ccc1F. The molecule has 1 atom stereocenters. The highest BCUT2D eigenvalue weighted by Crippen LogP contribution is 2.40. The topological polar surface area (TPSA) is 23.6 Å². The fourth-order valence-electron chi connectivity index (χ4n) is 4.33. The van der Waals surface area contributed by atoms with Crippen molar-refractivity contribution < 1.29 is 18.0 Å². The number of thioether (sulfide) groups is 1. The molecule has 3 aromatic carbocycles. The lowest BCUT2D eigenvalue weighted by molar-refractivity contribution is -0.130. The van der Waals surface area contributed by atoms with Crippen LogP contribution in [0.15, 0.2) is 65.6 Å². The summed E-state index contributed by atoms with van der Waals surface area (Å²) in [5.41, 5.74) is 1.61. The summed E-state index contributed by atoms with van der Waals surface area (Å²) in [5, 5.41) is 0.569. The fourth-order valence-corrected chi connectivity index (χ4v) is 6.35. The van der Waals surface area contributed by atoms with Crippen LogP contribution in [0, 0.1) is 17.5 Å². The molecule has 0 bridgehead atoms. The van der Waals surface area contributed by atoms with Crippen molar-refractivity contribution in [1.82, 2.24) is 4.90 Å². The van der Waals surface area contributed by atoms with Crippen molar-refractivity contribution in [1.29, 1.82) is 0 Å². The van der Waals surface area contributed by atoms with Crippen LogP contribution in [0.4, 0.5) is 18.9 Å². The van der Waals surface area contributed by atoms with E-state index < -0.39 is 17.7 Å². The van der Waals surface area contributed by atoms with Gasteiger partial charge in [-0.3, -0.25) is 4.79 Å². The highest BCUT2D eigenvalue weighted by molar-refractivity contribution is 8.00. The van der Waals surface area contributed by atoms with E-state index in [0.29, 0.717) is 24.3 Å². The number of amides is 1. The van der Waals surface area contributed by atoms with E-state index in [9.17, 15) is 18.0 Å². The maximum absolute atomic E-state index is 14.9. The summed E-state index contributed by atoms with van der Waals surface area (Å²) in [7, 11) is 0. The average molecular weight is 565 g/mol. The number of carbonyl (C=O) groups excluding carboxylic acids is 1. The van der Waals surface area contributed by atoms with Gasteiger partial charge in [0.1, 0.15) is 17.5 Å². The quantitative estimate of drug-likeness (QED) is 0.246. The van der Waals surface area contributed by atoms with Crippen LogP contribution in [0.2, 0.25) is 5.02 Å². The summed E-state index contributed by atoms with van der Waals surface area (Å²) in [6.45, 7) is 3.41. The standard InChI is InChI=1S/C28H28ClF3N2OS2/c1-19(34(27-18-23(31)8-12-26(27)32)37-24-9-5-21(29)6-10-24)25-11-7-22(30)17-20(25)3-2-4-28(35)33-13-15-36-16-14-33/h5-12,17-19H,2-4,13-16H2,1H3. The Bertz CT molecular complexity index is 1220. The van der Waals surface area contributed by atoms with Crippen LogP contribution in [0.25, 0.3) is 0 Å². The van der Waals surface area contributed by atoms with E-state index in [1.165, 1.54) is 24.1 Å². The molecule has 196 valence electrons. The lowest BCUT2D eigenvalue weighted by Gasteiger charge is -2.32. The lowest BCUT2D eigenvalue weighted by Crippen LogP contribution is -2.37. The van der Waals surface area contributed by atoms with Gasteiger partial charge in [-0.2, -0.15) is 11.8 Å². The highest BCUT2D eigenvalue weighted by atomic mass is 35.5. The number of hydrogen-bond donors (Lipinski definition) is 0. The molecule has 0 N–H and O–H groups in total. The fraction of sp³-hybridized carbons (Fsp3) is 0.321. The maximum Gasteiger partial charge on any atom is 0.222 e. The normalized spacial score (nSPS) is 14.5. The number of hydrogen-bond acceptors (Lipinski definition) is 4. The smallest absolute Gasteiger partial charge is 0.222 e. The van der Waals surface area contributed by atoms with E-state index >= 15 is 0 Å². The Morgan fingerprint density at radius 2 is 1.70 bits per heavy atom. The molecule has 1 aliphatic heterocycles. The first-order valence-electron chi connectivity index (χ1n) is 12.1. The molecule has 0 radical (unpaired) electrons. The van der Waals surface area contributed by atoms with Crippen LogP contribution in [-0.4, -0.2) is 35.4 Å².